The van der Waals surface area contributed by atoms with Crippen molar-refractivity contribution in [2.24, 2.45) is 5.92 Å². The Hall–Kier alpha value is -1.42. The van der Waals surface area contributed by atoms with Gasteiger partial charge in [-0.3, -0.25) is 4.79 Å². The fourth-order valence-electron chi connectivity index (χ4n) is 2.51. The minimum Gasteiger partial charge on any atom is -0.338 e. The van der Waals surface area contributed by atoms with Crippen molar-refractivity contribution in [3.63, 3.8) is 0 Å². The fraction of sp³-hybridized carbons (Fsp3) is 0.500. The number of hydrogen-bond donors (Lipinski definition) is 1. The summed E-state index contributed by atoms with van der Waals surface area (Å²) in [6.07, 6.45) is 2.17. The second kappa shape index (κ2) is 5.96. The molecule has 1 aliphatic heterocycles. The maximum Gasteiger partial charge on any atom is 0.253 e. The Morgan fingerprint density at radius 2 is 2.39 bits per heavy atom. The Balaban J connectivity index is 2.04. The number of piperidine rings is 1. The van der Waals surface area contributed by atoms with Crippen LogP contribution in [0.5, 0.6) is 0 Å². The van der Waals surface area contributed by atoms with Crippen molar-refractivity contribution in [3.8, 4) is 0 Å². The molecule has 18 heavy (non-hydrogen) atoms. The van der Waals surface area contributed by atoms with Gasteiger partial charge < -0.3 is 10.2 Å². The molecule has 98 valence electrons. The molecular formula is C14H19FN2O. The van der Waals surface area contributed by atoms with Gasteiger partial charge >= 0.3 is 0 Å². The molecule has 0 aromatic heterocycles. The van der Waals surface area contributed by atoms with Gasteiger partial charge in [0, 0.05) is 18.7 Å². The number of carbonyl (C=O) groups is 1. The van der Waals surface area contributed by atoms with Crippen LogP contribution in [0.1, 0.15) is 23.2 Å². The van der Waals surface area contributed by atoms with Crippen LogP contribution >= 0.6 is 0 Å². The lowest BCUT2D eigenvalue weighted by Gasteiger charge is -2.32. The average molecular weight is 250 g/mol. The summed E-state index contributed by atoms with van der Waals surface area (Å²) < 4.78 is 13.1. The molecule has 1 heterocycles. The molecule has 0 aliphatic carbocycles. The SMILES string of the molecule is CNCC1CCCN(C(=O)c2cccc(F)c2)C1. The summed E-state index contributed by atoms with van der Waals surface area (Å²) in [5.74, 6) is 0.0844. The zero-order valence-corrected chi connectivity index (χ0v) is 10.7. The van der Waals surface area contributed by atoms with Gasteiger partial charge in [-0.25, -0.2) is 4.39 Å². The molecule has 0 radical (unpaired) electrons. The lowest BCUT2D eigenvalue weighted by Crippen LogP contribution is -2.42. The van der Waals surface area contributed by atoms with Crippen LogP contribution in [0.25, 0.3) is 0 Å². The number of nitrogens with one attached hydrogen (secondary N) is 1. The predicted octanol–water partition coefficient (Wildman–Crippen LogP) is 1.90. The fourth-order valence-corrected chi connectivity index (χ4v) is 2.51. The molecule has 1 amide bonds. The normalized spacial score (nSPS) is 19.9. The Kier molecular flexibility index (Phi) is 4.31. The lowest BCUT2D eigenvalue weighted by atomic mass is 9.97. The zero-order valence-electron chi connectivity index (χ0n) is 10.7. The number of nitrogens with zero attached hydrogens (tertiary/aromatic N) is 1. The van der Waals surface area contributed by atoms with Gasteiger partial charge in [-0.05, 0) is 50.6 Å². The number of amides is 1. The van der Waals surface area contributed by atoms with Crippen molar-refractivity contribution in [2.45, 2.75) is 12.8 Å². The van der Waals surface area contributed by atoms with Crippen LogP contribution in [0.3, 0.4) is 0 Å². The van der Waals surface area contributed by atoms with Crippen LogP contribution in [0.4, 0.5) is 4.39 Å². The summed E-state index contributed by atoms with van der Waals surface area (Å²) >= 11 is 0. The molecule has 1 aromatic carbocycles. The monoisotopic (exact) mass is 250 g/mol. The zero-order chi connectivity index (χ0) is 13.0. The number of likely N-dealkylation sites (tertiary alicyclic amines) is 1. The Morgan fingerprint density at radius 1 is 1.56 bits per heavy atom. The van der Waals surface area contributed by atoms with E-state index in [9.17, 15) is 9.18 Å². The molecular weight excluding hydrogens is 231 g/mol. The van der Waals surface area contributed by atoms with E-state index in [1.165, 1.54) is 12.1 Å². The van der Waals surface area contributed by atoms with Crippen LogP contribution in [0, 0.1) is 11.7 Å². The van der Waals surface area contributed by atoms with Crippen LogP contribution in [0.15, 0.2) is 24.3 Å². The van der Waals surface area contributed by atoms with Crippen molar-refractivity contribution in [2.75, 3.05) is 26.7 Å². The molecule has 1 aliphatic rings. The highest BCUT2D eigenvalue weighted by Crippen LogP contribution is 2.18. The predicted molar refractivity (Wildman–Crippen MR) is 69.0 cm³/mol. The van der Waals surface area contributed by atoms with E-state index in [1.54, 1.807) is 12.1 Å². The van der Waals surface area contributed by atoms with Crippen molar-refractivity contribution in [1.29, 1.82) is 0 Å². The maximum absolute atomic E-state index is 13.1. The van der Waals surface area contributed by atoms with Crippen LogP contribution < -0.4 is 5.32 Å². The third-order valence-electron chi connectivity index (χ3n) is 3.37. The molecule has 3 nitrogen and oxygen atoms in total. The smallest absolute Gasteiger partial charge is 0.253 e. The highest BCUT2D eigenvalue weighted by atomic mass is 19.1. The summed E-state index contributed by atoms with van der Waals surface area (Å²) in [5, 5.41) is 3.15. The highest BCUT2D eigenvalue weighted by molar-refractivity contribution is 5.94. The molecule has 1 atom stereocenters. The molecule has 2 rings (SSSR count). The van der Waals surface area contributed by atoms with Crippen LogP contribution in [-0.2, 0) is 0 Å². The van der Waals surface area contributed by atoms with E-state index in [1.807, 2.05) is 11.9 Å². The molecule has 1 aromatic rings. The first-order valence-corrected chi connectivity index (χ1v) is 6.40. The summed E-state index contributed by atoms with van der Waals surface area (Å²) in [6, 6.07) is 5.92. The third kappa shape index (κ3) is 3.07. The molecule has 1 saturated heterocycles. The minimum atomic E-state index is -0.357. The van der Waals surface area contributed by atoms with Crippen LogP contribution in [-0.4, -0.2) is 37.5 Å². The molecule has 0 spiro atoms. The van der Waals surface area contributed by atoms with Gasteiger partial charge in [0.15, 0.2) is 0 Å². The average Bonchev–Trinajstić information content (AvgIpc) is 2.39. The minimum absolute atomic E-state index is 0.0599. The maximum atomic E-state index is 13.1. The second-order valence-electron chi connectivity index (χ2n) is 4.83. The van der Waals surface area contributed by atoms with Gasteiger partial charge in [0.25, 0.3) is 5.91 Å². The number of hydrogen-bond acceptors (Lipinski definition) is 2. The molecule has 1 fully saturated rings. The second-order valence-corrected chi connectivity index (χ2v) is 4.83. The van der Waals surface area contributed by atoms with Crippen molar-refractivity contribution < 1.29 is 9.18 Å². The number of carbonyl (C=O) groups excluding carboxylic acids is 1. The van der Waals surface area contributed by atoms with Gasteiger partial charge in [0.1, 0.15) is 5.82 Å². The van der Waals surface area contributed by atoms with Gasteiger partial charge in [0.05, 0.1) is 0 Å². The van der Waals surface area contributed by atoms with E-state index in [0.717, 1.165) is 32.5 Å². The number of rotatable bonds is 3. The molecule has 1 N–H and O–H groups in total. The van der Waals surface area contributed by atoms with Gasteiger partial charge in [-0.15, -0.1) is 0 Å². The summed E-state index contributed by atoms with van der Waals surface area (Å²) in [4.78, 5) is 14.1. The van der Waals surface area contributed by atoms with Gasteiger partial charge in [-0.2, -0.15) is 0 Å². The lowest BCUT2D eigenvalue weighted by molar-refractivity contribution is 0.0674. The summed E-state index contributed by atoms with van der Waals surface area (Å²) in [5.41, 5.74) is 0.445. The summed E-state index contributed by atoms with van der Waals surface area (Å²) in [6.45, 7) is 2.46. The van der Waals surface area contributed by atoms with Crippen molar-refractivity contribution in [3.05, 3.63) is 35.6 Å². The standard InChI is InChI=1S/C14H19FN2O/c1-16-9-11-4-3-7-17(10-11)14(18)12-5-2-6-13(15)8-12/h2,5-6,8,11,16H,3-4,7,9-10H2,1H3. The van der Waals surface area contributed by atoms with E-state index in [2.05, 4.69) is 5.32 Å². The van der Waals surface area contributed by atoms with Crippen LogP contribution in [0.2, 0.25) is 0 Å². The first-order chi connectivity index (χ1) is 8.70. The number of benzene rings is 1. The first-order valence-electron chi connectivity index (χ1n) is 6.40. The van der Waals surface area contributed by atoms with Gasteiger partial charge in [-0.1, -0.05) is 6.07 Å². The quantitative estimate of drug-likeness (QED) is 0.888. The third-order valence-corrected chi connectivity index (χ3v) is 3.37. The topological polar surface area (TPSA) is 32.3 Å². The molecule has 1 unspecified atom stereocenters. The van der Waals surface area contributed by atoms with E-state index in [4.69, 9.17) is 0 Å². The van der Waals surface area contributed by atoms with E-state index in [-0.39, 0.29) is 11.7 Å². The van der Waals surface area contributed by atoms with E-state index < -0.39 is 0 Å². The highest BCUT2D eigenvalue weighted by Gasteiger charge is 2.24. The van der Waals surface area contributed by atoms with E-state index >= 15 is 0 Å². The molecule has 0 bridgehead atoms. The largest absolute Gasteiger partial charge is 0.338 e. The Bertz CT molecular complexity index is 420. The summed E-state index contributed by atoms with van der Waals surface area (Å²) in [7, 11) is 1.92. The molecule has 4 heteroatoms. The van der Waals surface area contributed by atoms with Gasteiger partial charge in [0.2, 0.25) is 0 Å². The number of halogens is 1. The Morgan fingerprint density at radius 3 is 3.11 bits per heavy atom. The van der Waals surface area contributed by atoms with E-state index in [0.29, 0.717) is 11.5 Å². The van der Waals surface area contributed by atoms with Crippen molar-refractivity contribution >= 4 is 5.91 Å². The first kappa shape index (κ1) is 13.0. The molecule has 0 saturated carbocycles. The van der Waals surface area contributed by atoms with Crippen molar-refractivity contribution in [1.82, 2.24) is 10.2 Å². The Labute approximate surface area is 107 Å².